The normalized spacial score (nSPS) is 23.9. The van der Waals surface area contributed by atoms with E-state index in [0.29, 0.717) is 25.1 Å². The second kappa shape index (κ2) is 11.3. The Morgan fingerprint density at radius 3 is 2.75 bits per heavy atom. The molecule has 158 valence electrons. The zero-order chi connectivity index (χ0) is 19.8. The van der Waals surface area contributed by atoms with Crippen molar-refractivity contribution in [2.75, 3.05) is 51.9 Å². The summed E-state index contributed by atoms with van der Waals surface area (Å²) in [6.07, 6.45) is 13.5. The fraction of sp³-hybridized carbons (Fsp3) is 0.773. The highest BCUT2D eigenvalue weighted by Crippen LogP contribution is 2.32. The second-order valence-corrected chi connectivity index (χ2v) is 9.19. The standard InChI is InChI=1S/C22H37N3O2S/c1-27-16-15-25(18-19-8-7-14-23-11-4-3-9-20(19)23)22(26)21(10-17-28-2)24-12-5-6-13-24/h5-6,12-13,19-21H,3-4,7-11,14-18H2,1-2H3. The molecular formula is C22H37N3O2S. The number of ether oxygens (including phenoxy) is 1. The quantitative estimate of drug-likeness (QED) is 0.595. The Bertz CT molecular complexity index is 578. The van der Waals surface area contributed by atoms with E-state index in [0.717, 1.165) is 18.7 Å². The summed E-state index contributed by atoms with van der Waals surface area (Å²) in [6, 6.07) is 4.58. The van der Waals surface area contributed by atoms with Crippen LogP contribution in [0.5, 0.6) is 0 Å². The minimum absolute atomic E-state index is 0.106. The van der Waals surface area contributed by atoms with Crippen molar-refractivity contribution in [3.63, 3.8) is 0 Å². The van der Waals surface area contributed by atoms with Crippen molar-refractivity contribution in [1.82, 2.24) is 14.4 Å². The summed E-state index contributed by atoms with van der Waals surface area (Å²) in [5.41, 5.74) is 0. The Morgan fingerprint density at radius 1 is 1.21 bits per heavy atom. The second-order valence-electron chi connectivity index (χ2n) is 8.21. The van der Waals surface area contributed by atoms with Gasteiger partial charge in [0.2, 0.25) is 5.91 Å². The Hall–Kier alpha value is -0.980. The van der Waals surface area contributed by atoms with Crippen LogP contribution < -0.4 is 0 Å². The zero-order valence-electron chi connectivity index (χ0n) is 17.6. The van der Waals surface area contributed by atoms with Gasteiger partial charge >= 0.3 is 0 Å². The van der Waals surface area contributed by atoms with Crippen LogP contribution in [0.2, 0.25) is 0 Å². The third-order valence-corrected chi connectivity index (χ3v) is 7.07. The average Bonchev–Trinajstić information content (AvgIpc) is 3.26. The summed E-state index contributed by atoms with van der Waals surface area (Å²) < 4.78 is 7.44. The van der Waals surface area contributed by atoms with Gasteiger partial charge in [0, 0.05) is 38.6 Å². The number of carbonyl (C=O) groups excluding carboxylic acids is 1. The molecule has 1 amide bonds. The topological polar surface area (TPSA) is 37.7 Å². The van der Waals surface area contributed by atoms with Crippen molar-refractivity contribution in [1.29, 1.82) is 0 Å². The predicted molar refractivity (Wildman–Crippen MR) is 117 cm³/mol. The van der Waals surface area contributed by atoms with Crippen LogP contribution in [-0.2, 0) is 9.53 Å². The highest BCUT2D eigenvalue weighted by atomic mass is 32.2. The first kappa shape index (κ1) is 21.7. The molecule has 0 N–H and O–H groups in total. The van der Waals surface area contributed by atoms with Crippen LogP contribution in [0.15, 0.2) is 24.5 Å². The van der Waals surface area contributed by atoms with Gasteiger partial charge in [-0.1, -0.05) is 6.42 Å². The number of piperidine rings is 2. The molecule has 0 aliphatic carbocycles. The van der Waals surface area contributed by atoms with Gasteiger partial charge in [0.1, 0.15) is 6.04 Å². The predicted octanol–water partition coefficient (Wildman–Crippen LogP) is 3.52. The number of nitrogens with zero attached hydrogens (tertiary/aromatic N) is 3. The molecule has 3 unspecified atom stereocenters. The number of thioether (sulfide) groups is 1. The maximum atomic E-state index is 13.6. The van der Waals surface area contributed by atoms with Crippen LogP contribution >= 0.6 is 11.8 Å². The van der Waals surface area contributed by atoms with Gasteiger partial charge in [-0.2, -0.15) is 11.8 Å². The molecule has 2 aliphatic heterocycles. The molecule has 2 fully saturated rings. The minimum Gasteiger partial charge on any atom is -0.383 e. The molecule has 0 spiro atoms. The fourth-order valence-corrected chi connectivity index (χ4v) is 5.42. The molecule has 28 heavy (non-hydrogen) atoms. The third kappa shape index (κ3) is 5.55. The summed E-state index contributed by atoms with van der Waals surface area (Å²) >= 11 is 1.81. The number of aromatic nitrogens is 1. The number of methoxy groups -OCH3 is 1. The van der Waals surface area contributed by atoms with E-state index in [-0.39, 0.29) is 11.9 Å². The molecule has 2 saturated heterocycles. The number of carbonyl (C=O) groups is 1. The van der Waals surface area contributed by atoms with Crippen LogP contribution in [0.25, 0.3) is 0 Å². The molecule has 3 heterocycles. The molecule has 0 aromatic carbocycles. The summed E-state index contributed by atoms with van der Waals surface area (Å²) in [7, 11) is 1.73. The lowest BCUT2D eigenvalue weighted by atomic mass is 9.83. The molecule has 1 aromatic heterocycles. The minimum atomic E-state index is -0.106. The van der Waals surface area contributed by atoms with Crippen LogP contribution in [0, 0.1) is 5.92 Å². The van der Waals surface area contributed by atoms with Crippen LogP contribution in [0.1, 0.15) is 44.6 Å². The number of hydrogen-bond acceptors (Lipinski definition) is 4. The molecule has 0 bridgehead atoms. The zero-order valence-corrected chi connectivity index (χ0v) is 18.4. The molecular weight excluding hydrogens is 370 g/mol. The van der Waals surface area contributed by atoms with Gasteiger partial charge in [-0.25, -0.2) is 0 Å². The van der Waals surface area contributed by atoms with Gasteiger partial charge in [-0.3, -0.25) is 4.79 Å². The number of hydrogen-bond donors (Lipinski definition) is 0. The molecule has 2 aliphatic rings. The Morgan fingerprint density at radius 2 is 2.00 bits per heavy atom. The Balaban J connectivity index is 1.72. The monoisotopic (exact) mass is 407 g/mol. The van der Waals surface area contributed by atoms with Gasteiger partial charge in [-0.15, -0.1) is 0 Å². The molecule has 1 aromatic rings. The SMILES string of the molecule is COCCN(CC1CCCN2CCCCC12)C(=O)C(CCSC)n1cccc1. The van der Waals surface area contributed by atoms with Crippen LogP contribution in [-0.4, -0.2) is 78.2 Å². The first-order valence-electron chi connectivity index (χ1n) is 10.9. The first-order chi connectivity index (χ1) is 13.7. The highest BCUT2D eigenvalue weighted by Gasteiger charge is 2.35. The van der Waals surface area contributed by atoms with E-state index in [4.69, 9.17) is 4.74 Å². The van der Waals surface area contributed by atoms with E-state index >= 15 is 0 Å². The Labute approximate surface area is 174 Å². The van der Waals surface area contributed by atoms with E-state index in [2.05, 4.69) is 20.6 Å². The van der Waals surface area contributed by atoms with E-state index < -0.39 is 0 Å². The van der Waals surface area contributed by atoms with Gasteiger partial charge in [0.05, 0.1) is 6.61 Å². The van der Waals surface area contributed by atoms with Gasteiger partial charge in [-0.05, 0) is 75.3 Å². The maximum Gasteiger partial charge on any atom is 0.245 e. The number of rotatable bonds is 10. The largest absolute Gasteiger partial charge is 0.383 e. The number of fused-ring (bicyclic) bond motifs is 1. The van der Waals surface area contributed by atoms with Crippen molar-refractivity contribution in [2.24, 2.45) is 5.92 Å². The molecule has 3 rings (SSSR count). The van der Waals surface area contributed by atoms with Gasteiger partial charge in [0.25, 0.3) is 0 Å². The van der Waals surface area contributed by atoms with Crippen LogP contribution in [0.4, 0.5) is 0 Å². The molecule has 0 saturated carbocycles. The van der Waals surface area contributed by atoms with Crippen molar-refractivity contribution in [3.05, 3.63) is 24.5 Å². The molecule has 6 heteroatoms. The van der Waals surface area contributed by atoms with Crippen molar-refractivity contribution in [3.8, 4) is 0 Å². The fourth-order valence-electron chi connectivity index (χ4n) is 4.96. The molecule has 0 radical (unpaired) electrons. The van der Waals surface area contributed by atoms with E-state index in [1.807, 2.05) is 36.3 Å². The summed E-state index contributed by atoms with van der Waals surface area (Å²) in [6.45, 7) is 4.66. The molecule has 3 atom stereocenters. The smallest absolute Gasteiger partial charge is 0.245 e. The summed E-state index contributed by atoms with van der Waals surface area (Å²) in [5, 5.41) is 0. The van der Waals surface area contributed by atoms with Gasteiger partial charge < -0.3 is 19.1 Å². The number of amides is 1. The lowest BCUT2D eigenvalue weighted by Crippen LogP contribution is -2.52. The van der Waals surface area contributed by atoms with Crippen molar-refractivity contribution in [2.45, 2.75) is 50.6 Å². The van der Waals surface area contributed by atoms with Crippen molar-refractivity contribution < 1.29 is 9.53 Å². The molecule has 5 nitrogen and oxygen atoms in total. The highest BCUT2D eigenvalue weighted by molar-refractivity contribution is 7.98. The maximum absolute atomic E-state index is 13.6. The van der Waals surface area contributed by atoms with E-state index in [1.165, 1.54) is 45.2 Å². The third-order valence-electron chi connectivity index (χ3n) is 6.43. The summed E-state index contributed by atoms with van der Waals surface area (Å²) in [5.74, 6) is 1.85. The Kier molecular flexibility index (Phi) is 8.74. The van der Waals surface area contributed by atoms with Crippen molar-refractivity contribution >= 4 is 17.7 Å². The van der Waals surface area contributed by atoms with Gasteiger partial charge in [0.15, 0.2) is 0 Å². The summed E-state index contributed by atoms with van der Waals surface area (Å²) in [4.78, 5) is 18.4. The lowest BCUT2D eigenvalue weighted by Gasteiger charge is -2.46. The lowest BCUT2D eigenvalue weighted by molar-refractivity contribution is -0.137. The van der Waals surface area contributed by atoms with E-state index in [1.54, 1.807) is 7.11 Å². The first-order valence-corrected chi connectivity index (χ1v) is 12.3. The van der Waals surface area contributed by atoms with E-state index in [9.17, 15) is 4.79 Å². The van der Waals surface area contributed by atoms with Crippen LogP contribution in [0.3, 0.4) is 0 Å². The average molecular weight is 408 g/mol.